The first kappa shape index (κ1) is 22.6. The molecule has 1 aliphatic heterocycles. The lowest BCUT2D eigenvalue weighted by Gasteiger charge is -2.57. The fraction of sp³-hybridized carbons (Fsp3) is 0.458. The molecule has 2 aliphatic rings. The van der Waals surface area contributed by atoms with Crippen molar-refractivity contribution in [3.05, 3.63) is 59.2 Å². The number of likely N-dealkylation sites (tertiary alicyclic amines) is 1. The first-order valence-electron chi connectivity index (χ1n) is 10.7. The summed E-state index contributed by atoms with van der Waals surface area (Å²) in [6.45, 7) is 3.23. The average Bonchev–Trinajstić information content (AvgIpc) is 2.71. The van der Waals surface area contributed by atoms with Gasteiger partial charge in [0.05, 0.1) is 12.1 Å². The van der Waals surface area contributed by atoms with Gasteiger partial charge in [-0.3, -0.25) is 9.69 Å². The quantitative estimate of drug-likeness (QED) is 0.747. The second-order valence-electron chi connectivity index (χ2n) is 9.24. The average molecular weight is 448 g/mol. The highest BCUT2D eigenvalue weighted by Gasteiger charge is 2.51. The summed E-state index contributed by atoms with van der Waals surface area (Å²) in [4.78, 5) is 17.1. The van der Waals surface area contributed by atoms with Crippen molar-refractivity contribution in [3.63, 3.8) is 0 Å². The molecule has 0 aromatic heterocycles. The molecular weight excluding hydrogens is 419 g/mol. The van der Waals surface area contributed by atoms with E-state index in [1.165, 1.54) is 17.7 Å². The summed E-state index contributed by atoms with van der Waals surface area (Å²) in [5.41, 5.74) is 1.70. The van der Waals surface area contributed by atoms with Crippen LogP contribution < -0.4 is 5.32 Å². The fourth-order valence-electron chi connectivity index (χ4n) is 5.50. The fourth-order valence-corrected chi connectivity index (χ4v) is 5.50. The lowest BCUT2D eigenvalue weighted by Crippen LogP contribution is -2.67. The third-order valence-electron chi connectivity index (χ3n) is 7.07. The van der Waals surface area contributed by atoms with Crippen molar-refractivity contribution in [3.8, 4) is 5.75 Å². The number of hydrogen-bond donors (Lipinski definition) is 2. The van der Waals surface area contributed by atoms with Gasteiger partial charge in [0.1, 0.15) is 5.75 Å². The predicted octanol–water partition coefficient (Wildman–Crippen LogP) is 3.87. The zero-order chi connectivity index (χ0) is 23.3. The lowest BCUT2D eigenvalue weighted by molar-refractivity contribution is -0.137. The monoisotopic (exact) mass is 447 g/mol. The summed E-state index contributed by atoms with van der Waals surface area (Å²) in [6.07, 6.45) is -2.68. The molecule has 172 valence electrons. The number of amides is 1. The van der Waals surface area contributed by atoms with Crippen LogP contribution in [0.5, 0.6) is 5.75 Å². The third-order valence-corrected chi connectivity index (χ3v) is 7.07. The number of alkyl halides is 3. The van der Waals surface area contributed by atoms with E-state index < -0.39 is 11.7 Å². The van der Waals surface area contributed by atoms with Crippen LogP contribution in [0.15, 0.2) is 42.5 Å². The van der Waals surface area contributed by atoms with Crippen LogP contribution in [0.2, 0.25) is 0 Å². The summed E-state index contributed by atoms with van der Waals surface area (Å²) in [5, 5.41) is 12.8. The minimum atomic E-state index is -4.41. The van der Waals surface area contributed by atoms with Crippen LogP contribution in [0, 0.1) is 0 Å². The van der Waals surface area contributed by atoms with E-state index in [1.807, 2.05) is 24.1 Å². The van der Waals surface area contributed by atoms with Crippen molar-refractivity contribution in [1.29, 1.82) is 0 Å². The van der Waals surface area contributed by atoms with E-state index in [0.29, 0.717) is 5.69 Å². The molecule has 1 heterocycles. The Kier molecular flexibility index (Phi) is 5.71. The number of carbonyl (C=O) groups excluding carboxylic acids is 1. The van der Waals surface area contributed by atoms with Gasteiger partial charge in [0.15, 0.2) is 0 Å². The van der Waals surface area contributed by atoms with Crippen molar-refractivity contribution < 1.29 is 23.1 Å². The molecule has 0 saturated carbocycles. The van der Waals surface area contributed by atoms with Crippen molar-refractivity contribution in [1.82, 2.24) is 9.80 Å². The van der Waals surface area contributed by atoms with Crippen molar-refractivity contribution >= 4 is 11.6 Å². The molecule has 1 saturated heterocycles. The van der Waals surface area contributed by atoms with E-state index in [4.69, 9.17) is 0 Å². The molecule has 1 fully saturated rings. The number of hydrogen-bond acceptors (Lipinski definition) is 4. The van der Waals surface area contributed by atoms with Crippen LogP contribution in [-0.4, -0.2) is 60.1 Å². The summed E-state index contributed by atoms with van der Waals surface area (Å²) in [6, 6.07) is 10.3. The zero-order valence-electron chi connectivity index (χ0n) is 18.4. The molecule has 3 atom stereocenters. The second kappa shape index (κ2) is 8.08. The SMILES string of the molecule is CN1CCC2(C)c3cc(O)ccc3CC1C2N(C)CC(=O)Nc1ccc(C(F)(F)F)cc1. The number of aromatic hydroxyl groups is 1. The van der Waals surface area contributed by atoms with Gasteiger partial charge in [-0.05, 0) is 81.0 Å². The topological polar surface area (TPSA) is 55.8 Å². The number of nitrogens with zero attached hydrogens (tertiary/aromatic N) is 2. The van der Waals surface area contributed by atoms with E-state index in [0.717, 1.165) is 37.1 Å². The number of rotatable bonds is 4. The Morgan fingerprint density at radius 1 is 1.25 bits per heavy atom. The summed E-state index contributed by atoms with van der Waals surface area (Å²) in [5.74, 6) is -0.0397. The number of anilines is 1. The third kappa shape index (κ3) is 4.09. The maximum atomic E-state index is 12.8. The summed E-state index contributed by atoms with van der Waals surface area (Å²) < 4.78 is 38.3. The highest BCUT2D eigenvalue weighted by Crippen LogP contribution is 2.47. The number of likely N-dealkylation sites (N-methyl/N-ethyl adjacent to an activating group) is 2. The molecule has 2 bridgehead atoms. The first-order valence-corrected chi connectivity index (χ1v) is 10.7. The van der Waals surface area contributed by atoms with Crippen LogP contribution in [0.3, 0.4) is 0 Å². The second-order valence-corrected chi connectivity index (χ2v) is 9.24. The molecule has 8 heteroatoms. The van der Waals surface area contributed by atoms with Crippen molar-refractivity contribution in [2.24, 2.45) is 0 Å². The van der Waals surface area contributed by atoms with Crippen LogP contribution in [0.25, 0.3) is 0 Å². The Labute approximate surface area is 185 Å². The van der Waals surface area contributed by atoms with E-state index in [2.05, 4.69) is 24.2 Å². The summed E-state index contributed by atoms with van der Waals surface area (Å²) in [7, 11) is 4.01. The maximum Gasteiger partial charge on any atom is 0.416 e. The number of phenolic OH excluding ortho intramolecular Hbond substituents is 1. The van der Waals surface area contributed by atoms with Gasteiger partial charge in [-0.25, -0.2) is 0 Å². The van der Waals surface area contributed by atoms with E-state index >= 15 is 0 Å². The standard InChI is InChI=1S/C24H28F3N3O2/c1-23-10-11-29(2)20(12-15-4-9-18(31)13-19(15)23)22(23)30(3)14-21(32)28-17-7-5-16(6-8-17)24(25,26)27/h4-9,13,20,22,31H,10-12,14H2,1-3H3,(H,28,32). The number of piperidine rings is 1. The Morgan fingerprint density at radius 2 is 1.94 bits per heavy atom. The highest BCUT2D eigenvalue weighted by molar-refractivity contribution is 5.92. The van der Waals surface area contributed by atoms with Crippen LogP contribution in [-0.2, 0) is 22.8 Å². The van der Waals surface area contributed by atoms with E-state index in [9.17, 15) is 23.1 Å². The molecule has 32 heavy (non-hydrogen) atoms. The lowest BCUT2D eigenvalue weighted by atomic mass is 9.61. The molecule has 0 spiro atoms. The van der Waals surface area contributed by atoms with Gasteiger partial charge in [0.25, 0.3) is 0 Å². The number of halogens is 3. The predicted molar refractivity (Wildman–Crippen MR) is 117 cm³/mol. The van der Waals surface area contributed by atoms with Gasteiger partial charge in [-0.1, -0.05) is 13.0 Å². The number of carbonyl (C=O) groups is 1. The Balaban J connectivity index is 1.52. The molecule has 4 rings (SSSR count). The molecular formula is C24H28F3N3O2. The molecule has 2 aromatic rings. The van der Waals surface area contributed by atoms with E-state index in [-0.39, 0.29) is 35.7 Å². The number of nitrogens with one attached hydrogen (secondary N) is 1. The minimum absolute atomic E-state index is 0.0499. The zero-order valence-corrected chi connectivity index (χ0v) is 18.4. The van der Waals surface area contributed by atoms with Gasteiger partial charge in [-0.15, -0.1) is 0 Å². The van der Waals surface area contributed by atoms with Gasteiger partial charge < -0.3 is 15.3 Å². The Morgan fingerprint density at radius 3 is 2.59 bits per heavy atom. The Hall–Kier alpha value is -2.58. The molecule has 1 aliphatic carbocycles. The van der Waals surface area contributed by atoms with Crippen LogP contribution in [0.4, 0.5) is 18.9 Å². The normalized spacial score (nSPS) is 25.5. The van der Waals surface area contributed by atoms with Crippen molar-refractivity contribution in [2.75, 3.05) is 32.5 Å². The highest BCUT2D eigenvalue weighted by atomic mass is 19.4. The van der Waals surface area contributed by atoms with Crippen LogP contribution in [0.1, 0.15) is 30.0 Å². The first-order chi connectivity index (χ1) is 15.0. The van der Waals surface area contributed by atoms with Gasteiger partial charge >= 0.3 is 6.18 Å². The number of fused-ring (bicyclic) bond motifs is 4. The van der Waals surface area contributed by atoms with Gasteiger partial charge in [0.2, 0.25) is 5.91 Å². The van der Waals surface area contributed by atoms with Crippen molar-refractivity contribution in [2.45, 2.75) is 43.4 Å². The molecule has 2 aromatic carbocycles. The Bertz CT molecular complexity index is 1010. The number of phenols is 1. The molecule has 3 unspecified atom stereocenters. The molecule has 0 radical (unpaired) electrons. The van der Waals surface area contributed by atoms with Crippen LogP contribution >= 0.6 is 0 Å². The maximum absolute atomic E-state index is 12.8. The molecule has 2 N–H and O–H groups in total. The van der Waals surface area contributed by atoms with E-state index in [1.54, 1.807) is 6.07 Å². The molecule has 1 amide bonds. The minimum Gasteiger partial charge on any atom is -0.508 e. The summed E-state index contributed by atoms with van der Waals surface area (Å²) >= 11 is 0. The van der Waals surface area contributed by atoms with Gasteiger partial charge in [0, 0.05) is 23.2 Å². The smallest absolute Gasteiger partial charge is 0.416 e. The molecule has 5 nitrogen and oxygen atoms in total. The van der Waals surface area contributed by atoms with Gasteiger partial charge in [-0.2, -0.15) is 13.2 Å². The number of benzene rings is 2. The largest absolute Gasteiger partial charge is 0.508 e.